The third-order valence-corrected chi connectivity index (χ3v) is 4.52. The monoisotopic (exact) mass is 359 g/mol. The van der Waals surface area contributed by atoms with Crippen molar-refractivity contribution in [2.24, 2.45) is 0 Å². The normalized spacial score (nSPS) is 10.4. The molecule has 0 atom stereocenters. The molecule has 0 aliphatic carbocycles. The topological polar surface area (TPSA) is 36.4 Å². The van der Waals surface area contributed by atoms with E-state index in [1.54, 1.807) is 17.2 Å². The van der Waals surface area contributed by atoms with E-state index in [1.165, 1.54) is 5.56 Å². The maximum Gasteiger partial charge on any atom is 0.254 e. The Balaban J connectivity index is 1.74. The fourth-order valence-corrected chi connectivity index (χ4v) is 3.03. The molecule has 2 aromatic carbocycles. The predicted octanol–water partition coefficient (Wildman–Crippen LogP) is 4.38. The first-order chi connectivity index (χ1) is 13.2. The van der Waals surface area contributed by atoms with Crippen LogP contribution < -0.4 is 4.90 Å². The smallest absolute Gasteiger partial charge is 0.254 e. The Bertz CT molecular complexity index is 865. The summed E-state index contributed by atoms with van der Waals surface area (Å²) in [5.74, 6) is 0.818. The van der Waals surface area contributed by atoms with Crippen LogP contribution in [0.15, 0.2) is 79.0 Å². The number of hydrogen-bond donors (Lipinski definition) is 0. The van der Waals surface area contributed by atoms with Gasteiger partial charge in [-0.2, -0.15) is 0 Å². The second-order valence-electron chi connectivity index (χ2n) is 6.55. The van der Waals surface area contributed by atoms with Crippen molar-refractivity contribution < 1.29 is 4.79 Å². The molecule has 0 N–H and O–H groups in total. The van der Waals surface area contributed by atoms with Crippen molar-refractivity contribution in [1.82, 2.24) is 9.88 Å². The lowest BCUT2D eigenvalue weighted by Gasteiger charge is -2.23. The molecule has 0 aliphatic rings. The van der Waals surface area contributed by atoms with Crippen LogP contribution in [0.1, 0.15) is 28.4 Å². The van der Waals surface area contributed by atoms with Crippen molar-refractivity contribution >= 4 is 11.7 Å². The van der Waals surface area contributed by atoms with Crippen LogP contribution in [0, 0.1) is 0 Å². The van der Waals surface area contributed by atoms with Crippen molar-refractivity contribution in [3.8, 4) is 0 Å². The van der Waals surface area contributed by atoms with Gasteiger partial charge in [0.25, 0.3) is 5.91 Å². The number of aromatic nitrogens is 1. The Hall–Kier alpha value is -3.14. The molecule has 0 saturated heterocycles. The number of hydrogen-bond acceptors (Lipinski definition) is 3. The largest absolute Gasteiger partial charge is 0.353 e. The molecule has 4 heteroatoms. The molecule has 0 radical (unpaired) electrons. The summed E-state index contributed by atoms with van der Waals surface area (Å²) in [6.07, 6.45) is 1.71. The van der Waals surface area contributed by atoms with Gasteiger partial charge >= 0.3 is 0 Å². The molecule has 0 saturated carbocycles. The first kappa shape index (κ1) is 18.6. The lowest BCUT2D eigenvalue weighted by Crippen LogP contribution is -2.27. The van der Waals surface area contributed by atoms with E-state index in [1.807, 2.05) is 61.6 Å². The van der Waals surface area contributed by atoms with E-state index in [0.29, 0.717) is 12.1 Å². The van der Waals surface area contributed by atoms with Crippen molar-refractivity contribution in [2.75, 3.05) is 18.5 Å². The average Bonchev–Trinajstić information content (AvgIpc) is 2.73. The van der Waals surface area contributed by atoms with E-state index in [2.05, 4.69) is 28.9 Å². The van der Waals surface area contributed by atoms with Crippen LogP contribution in [-0.4, -0.2) is 29.4 Å². The molecule has 1 aromatic heterocycles. The summed E-state index contributed by atoms with van der Waals surface area (Å²) >= 11 is 0. The molecule has 27 heavy (non-hydrogen) atoms. The lowest BCUT2D eigenvalue weighted by molar-refractivity contribution is 0.0785. The number of carbonyl (C=O) groups is 1. The number of nitrogens with zero attached hydrogens (tertiary/aromatic N) is 3. The quantitative estimate of drug-likeness (QED) is 0.628. The maximum absolute atomic E-state index is 12.9. The molecule has 138 valence electrons. The van der Waals surface area contributed by atoms with Crippen molar-refractivity contribution in [2.45, 2.75) is 20.0 Å². The van der Waals surface area contributed by atoms with E-state index < -0.39 is 0 Å². The lowest BCUT2D eigenvalue weighted by atomic mass is 10.1. The standard InChI is InChI=1S/C23H25N3O/c1-3-26(18-20-12-8-5-9-13-20)22-16-21(14-15-24-22)23(27)25(2)17-19-10-6-4-7-11-19/h4-16H,3,17-18H2,1-2H3. The number of benzene rings is 2. The summed E-state index contributed by atoms with van der Waals surface area (Å²) in [5, 5.41) is 0. The maximum atomic E-state index is 12.9. The van der Waals surface area contributed by atoms with Gasteiger partial charge in [-0.1, -0.05) is 60.7 Å². The molecular formula is C23H25N3O. The Morgan fingerprint density at radius 3 is 2.07 bits per heavy atom. The van der Waals surface area contributed by atoms with E-state index in [9.17, 15) is 4.79 Å². The highest BCUT2D eigenvalue weighted by atomic mass is 16.2. The number of anilines is 1. The molecule has 0 aliphatic heterocycles. The fraction of sp³-hybridized carbons (Fsp3) is 0.217. The molecule has 0 fully saturated rings. The Labute approximate surface area is 161 Å². The first-order valence-electron chi connectivity index (χ1n) is 9.21. The van der Waals surface area contributed by atoms with Gasteiger partial charge in [0.05, 0.1) is 0 Å². The highest BCUT2D eigenvalue weighted by Gasteiger charge is 2.15. The molecule has 0 bridgehead atoms. The third-order valence-electron chi connectivity index (χ3n) is 4.52. The molecule has 3 rings (SSSR count). The van der Waals surface area contributed by atoms with Crippen LogP contribution in [0.25, 0.3) is 0 Å². The van der Waals surface area contributed by atoms with Gasteiger partial charge < -0.3 is 9.80 Å². The minimum atomic E-state index is -0.00160. The van der Waals surface area contributed by atoms with Crippen LogP contribution in [0.4, 0.5) is 5.82 Å². The van der Waals surface area contributed by atoms with Crippen LogP contribution in [0.2, 0.25) is 0 Å². The van der Waals surface area contributed by atoms with E-state index >= 15 is 0 Å². The number of rotatable bonds is 7. The highest BCUT2D eigenvalue weighted by Crippen LogP contribution is 2.17. The molecule has 4 nitrogen and oxygen atoms in total. The molecular weight excluding hydrogens is 334 g/mol. The molecule has 1 amide bonds. The van der Waals surface area contributed by atoms with Crippen LogP contribution in [0.3, 0.4) is 0 Å². The van der Waals surface area contributed by atoms with Crippen LogP contribution in [0.5, 0.6) is 0 Å². The molecule has 1 heterocycles. The second kappa shape index (κ2) is 8.99. The first-order valence-corrected chi connectivity index (χ1v) is 9.21. The zero-order valence-corrected chi connectivity index (χ0v) is 15.9. The number of pyridine rings is 1. The molecule has 3 aromatic rings. The van der Waals surface area contributed by atoms with Gasteiger partial charge in [0, 0.05) is 38.4 Å². The van der Waals surface area contributed by atoms with Gasteiger partial charge in [-0.25, -0.2) is 4.98 Å². The predicted molar refractivity (Wildman–Crippen MR) is 110 cm³/mol. The van der Waals surface area contributed by atoms with Gasteiger partial charge in [0.15, 0.2) is 0 Å². The van der Waals surface area contributed by atoms with Crippen LogP contribution in [-0.2, 0) is 13.1 Å². The van der Waals surface area contributed by atoms with E-state index in [-0.39, 0.29) is 5.91 Å². The summed E-state index contributed by atoms with van der Waals surface area (Å²) in [5.41, 5.74) is 2.99. The van der Waals surface area contributed by atoms with Gasteiger partial charge in [-0.3, -0.25) is 4.79 Å². The zero-order valence-electron chi connectivity index (χ0n) is 15.9. The van der Waals surface area contributed by atoms with Gasteiger partial charge in [-0.05, 0) is 30.2 Å². The van der Waals surface area contributed by atoms with Gasteiger partial charge in [0.1, 0.15) is 5.82 Å². The van der Waals surface area contributed by atoms with Gasteiger partial charge in [-0.15, -0.1) is 0 Å². The van der Waals surface area contributed by atoms with Crippen LogP contribution >= 0.6 is 0 Å². The minimum Gasteiger partial charge on any atom is -0.353 e. The summed E-state index contributed by atoms with van der Waals surface area (Å²) < 4.78 is 0. The van der Waals surface area contributed by atoms with Crippen molar-refractivity contribution in [3.05, 3.63) is 95.7 Å². The second-order valence-corrected chi connectivity index (χ2v) is 6.55. The van der Waals surface area contributed by atoms with Crippen molar-refractivity contribution in [3.63, 3.8) is 0 Å². The summed E-state index contributed by atoms with van der Waals surface area (Å²) in [4.78, 5) is 21.2. The van der Waals surface area contributed by atoms with E-state index in [0.717, 1.165) is 24.5 Å². The summed E-state index contributed by atoms with van der Waals surface area (Å²) in [7, 11) is 1.83. The average molecular weight is 359 g/mol. The van der Waals surface area contributed by atoms with E-state index in [4.69, 9.17) is 0 Å². The third kappa shape index (κ3) is 4.94. The molecule has 0 unspecified atom stereocenters. The molecule has 0 spiro atoms. The Morgan fingerprint density at radius 1 is 0.889 bits per heavy atom. The fourth-order valence-electron chi connectivity index (χ4n) is 3.03. The van der Waals surface area contributed by atoms with Crippen molar-refractivity contribution in [1.29, 1.82) is 0 Å². The minimum absolute atomic E-state index is 0.00160. The number of amides is 1. The summed E-state index contributed by atoms with van der Waals surface area (Å²) in [6, 6.07) is 24.0. The van der Waals surface area contributed by atoms with Gasteiger partial charge in [0.2, 0.25) is 0 Å². The zero-order chi connectivity index (χ0) is 19.1. The Morgan fingerprint density at radius 2 is 1.48 bits per heavy atom. The Kier molecular flexibility index (Phi) is 6.21. The SMILES string of the molecule is CCN(Cc1ccccc1)c1cc(C(=O)N(C)Cc2ccccc2)ccn1. The highest BCUT2D eigenvalue weighted by molar-refractivity contribution is 5.94. The number of carbonyl (C=O) groups excluding carboxylic acids is 1. The summed E-state index contributed by atoms with van der Waals surface area (Å²) in [6.45, 7) is 4.26.